The number of fused-ring (bicyclic) bond motifs is 1. The Morgan fingerprint density at radius 3 is 2.38 bits per heavy atom. The Morgan fingerprint density at radius 2 is 1.71 bits per heavy atom. The molecule has 0 radical (unpaired) electrons. The van der Waals surface area contributed by atoms with Crippen LogP contribution in [0.5, 0.6) is 0 Å². The number of hydrogen-bond donors (Lipinski definition) is 1. The third-order valence-corrected chi connectivity index (χ3v) is 7.17. The molecule has 0 spiro atoms. The van der Waals surface area contributed by atoms with Crippen molar-refractivity contribution in [3.63, 3.8) is 0 Å². The number of hydrogen-bond acceptors (Lipinski definition) is 2. The molecule has 1 heterocycles. The molecule has 3 heteroatoms. The molecule has 4 aliphatic carbocycles. The van der Waals surface area contributed by atoms with Gasteiger partial charge in [-0.05, 0) is 85.0 Å². The summed E-state index contributed by atoms with van der Waals surface area (Å²) in [5, 5.41) is 3.36. The predicted octanol–water partition coefficient (Wildman–Crippen LogP) is 3.58. The number of nitrogens with one attached hydrogen (secondary N) is 1. The van der Waals surface area contributed by atoms with Crippen LogP contribution < -0.4 is 5.32 Å². The van der Waals surface area contributed by atoms with Crippen molar-refractivity contribution in [3.8, 4) is 0 Å². The third-order valence-electron chi connectivity index (χ3n) is 7.17. The van der Waals surface area contributed by atoms with E-state index in [1.807, 2.05) is 18.0 Å². The van der Waals surface area contributed by atoms with Crippen LogP contribution in [0, 0.1) is 23.2 Å². The quantitative estimate of drug-likeness (QED) is 0.922. The molecule has 24 heavy (non-hydrogen) atoms. The maximum Gasteiger partial charge on any atom is 0.253 e. The maximum absolute atomic E-state index is 13.0. The summed E-state index contributed by atoms with van der Waals surface area (Å²) in [5.74, 6) is 3.06. The number of rotatable bonds is 3. The maximum atomic E-state index is 13.0. The summed E-state index contributed by atoms with van der Waals surface area (Å²) in [4.78, 5) is 15.0. The van der Waals surface area contributed by atoms with Gasteiger partial charge in [-0.2, -0.15) is 0 Å². The standard InChI is InChI=1S/C21H28N2O/c1-23(20(24)17-2-3-18-11-22-12-19(18)7-17)13-21-8-14-4-15(9-21)6-16(5-14)10-21/h2-3,7,14-16,22H,4-6,8-13H2,1H3. The van der Waals surface area contributed by atoms with Gasteiger partial charge in [0.15, 0.2) is 0 Å². The first-order chi connectivity index (χ1) is 11.6. The molecule has 1 aliphatic heterocycles. The summed E-state index contributed by atoms with van der Waals surface area (Å²) in [6, 6.07) is 6.25. The molecule has 0 aromatic heterocycles. The van der Waals surface area contributed by atoms with E-state index in [0.29, 0.717) is 5.41 Å². The van der Waals surface area contributed by atoms with Crippen LogP contribution in [0.1, 0.15) is 60.0 Å². The second-order valence-corrected chi connectivity index (χ2v) is 9.17. The number of amides is 1. The molecule has 0 unspecified atom stereocenters. The van der Waals surface area contributed by atoms with Crippen molar-refractivity contribution in [3.05, 3.63) is 34.9 Å². The lowest BCUT2D eigenvalue weighted by molar-refractivity contribution is -0.0629. The molecule has 128 valence electrons. The van der Waals surface area contributed by atoms with E-state index < -0.39 is 0 Å². The topological polar surface area (TPSA) is 32.3 Å². The number of carbonyl (C=O) groups excluding carboxylic acids is 1. The lowest BCUT2D eigenvalue weighted by Gasteiger charge is -2.57. The summed E-state index contributed by atoms with van der Waals surface area (Å²) in [6.45, 7) is 2.80. The van der Waals surface area contributed by atoms with Gasteiger partial charge in [-0.1, -0.05) is 6.07 Å². The van der Waals surface area contributed by atoms with Crippen LogP contribution in [0.15, 0.2) is 18.2 Å². The summed E-state index contributed by atoms with van der Waals surface area (Å²) in [5.41, 5.74) is 3.93. The monoisotopic (exact) mass is 324 g/mol. The highest BCUT2D eigenvalue weighted by Crippen LogP contribution is 2.60. The summed E-state index contributed by atoms with van der Waals surface area (Å²) in [7, 11) is 2.02. The van der Waals surface area contributed by atoms with Gasteiger partial charge in [-0.15, -0.1) is 0 Å². The molecular formula is C21H28N2O. The Bertz CT molecular complexity index is 645. The molecule has 0 saturated heterocycles. The van der Waals surface area contributed by atoms with Crippen molar-refractivity contribution in [2.45, 2.75) is 51.6 Å². The predicted molar refractivity (Wildman–Crippen MR) is 94.6 cm³/mol. The highest BCUT2D eigenvalue weighted by molar-refractivity contribution is 5.94. The minimum Gasteiger partial charge on any atom is -0.341 e. The van der Waals surface area contributed by atoms with E-state index in [-0.39, 0.29) is 5.91 Å². The van der Waals surface area contributed by atoms with Crippen molar-refractivity contribution >= 4 is 5.91 Å². The fraction of sp³-hybridized carbons (Fsp3) is 0.667. The van der Waals surface area contributed by atoms with Gasteiger partial charge in [0.05, 0.1) is 0 Å². The van der Waals surface area contributed by atoms with Crippen molar-refractivity contribution in [1.29, 1.82) is 0 Å². The Hall–Kier alpha value is -1.35. The fourth-order valence-corrected chi connectivity index (χ4v) is 6.71. The highest BCUT2D eigenvalue weighted by Gasteiger charge is 2.51. The SMILES string of the molecule is CN(CC12CC3CC(CC(C3)C1)C2)C(=O)c1ccc2c(c1)CNC2. The molecule has 4 saturated carbocycles. The molecule has 1 aromatic rings. The van der Waals surface area contributed by atoms with E-state index in [0.717, 1.165) is 43.0 Å². The Morgan fingerprint density at radius 1 is 1.08 bits per heavy atom. The smallest absolute Gasteiger partial charge is 0.253 e. The van der Waals surface area contributed by atoms with Crippen LogP contribution in [0.3, 0.4) is 0 Å². The van der Waals surface area contributed by atoms with E-state index in [2.05, 4.69) is 17.4 Å². The van der Waals surface area contributed by atoms with Gasteiger partial charge in [0, 0.05) is 32.2 Å². The van der Waals surface area contributed by atoms with Crippen molar-refractivity contribution in [2.24, 2.45) is 23.2 Å². The molecule has 1 N–H and O–H groups in total. The molecule has 6 rings (SSSR count). The van der Waals surface area contributed by atoms with Gasteiger partial charge < -0.3 is 10.2 Å². The van der Waals surface area contributed by atoms with E-state index in [1.165, 1.54) is 49.7 Å². The first kappa shape index (κ1) is 14.9. The second kappa shape index (κ2) is 5.32. The molecule has 0 atom stereocenters. The molecule has 3 nitrogen and oxygen atoms in total. The summed E-state index contributed by atoms with van der Waals surface area (Å²) < 4.78 is 0. The first-order valence-electron chi connectivity index (χ1n) is 9.68. The van der Waals surface area contributed by atoms with Crippen molar-refractivity contribution in [2.75, 3.05) is 13.6 Å². The second-order valence-electron chi connectivity index (χ2n) is 9.17. The number of carbonyl (C=O) groups is 1. The lowest BCUT2D eigenvalue weighted by Crippen LogP contribution is -2.51. The van der Waals surface area contributed by atoms with E-state index in [4.69, 9.17) is 0 Å². The molecule has 1 aromatic carbocycles. The van der Waals surface area contributed by atoms with Crippen LogP contribution in [-0.4, -0.2) is 24.4 Å². The Kier molecular flexibility index (Phi) is 3.31. The van der Waals surface area contributed by atoms with E-state index in [9.17, 15) is 4.79 Å². The minimum atomic E-state index is 0.209. The van der Waals surface area contributed by atoms with Crippen LogP contribution in [0.25, 0.3) is 0 Å². The summed E-state index contributed by atoms with van der Waals surface area (Å²) in [6.07, 6.45) is 8.50. The van der Waals surface area contributed by atoms with Crippen molar-refractivity contribution < 1.29 is 4.79 Å². The molecule has 4 bridgehead atoms. The zero-order valence-electron chi connectivity index (χ0n) is 14.7. The van der Waals surface area contributed by atoms with Crippen LogP contribution >= 0.6 is 0 Å². The number of nitrogens with zero attached hydrogens (tertiary/aromatic N) is 1. The zero-order chi connectivity index (χ0) is 16.3. The van der Waals surface area contributed by atoms with Crippen LogP contribution in [-0.2, 0) is 13.1 Å². The Balaban J connectivity index is 1.33. The average Bonchev–Trinajstić information content (AvgIpc) is 2.99. The summed E-state index contributed by atoms with van der Waals surface area (Å²) >= 11 is 0. The van der Waals surface area contributed by atoms with Gasteiger partial charge in [0.25, 0.3) is 5.91 Å². The highest BCUT2D eigenvalue weighted by atomic mass is 16.2. The molecule has 4 fully saturated rings. The normalized spacial score (nSPS) is 36.0. The molecule has 5 aliphatic rings. The Labute approximate surface area is 144 Å². The van der Waals surface area contributed by atoms with Crippen molar-refractivity contribution in [1.82, 2.24) is 10.2 Å². The fourth-order valence-electron chi connectivity index (χ4n) is 6.71. The van der Waals surface area contributed by atoms with Crippen LogP contribution in [0.4, 0.5) is 0 Å². The minimum absolute atomic E-state index is 0.209. The zero-order valence-corrected chi connectivity index (χ0v) is 14.7. The third kappa shape index (κ3) is 2.40. The lowest BCUT2D eigenvalue weighted by atomic mass is 9.49. The van der Waals surface area contributed by atoms with Gasteiger partial charge in [0.1, 0.15) is 0 Å². The van der Waals surface area contributed by atoms with Gasteiger partial charge in [-0.25, -0.2) is 0 Å². The first-order valence-corrected chi connectivity index (χ1v) is 9.68. The van der Waals surface area contributed by atoms with Crippen LogP contribution in [0.2, 0.25) is 0 Å². The van der Waals surface area contributed by atoms with E-state index >= 15 is 0 Å². The van der Waals surface area contributed by atoms with Gasteiger partial charge in [0.2, 0.25) is 0 Å². The molecular weight excluding hydrogens is 296 g/mol. The average molecular weight is 324 g/mol. The van der Waals surface area contributed by atoms with Gasteiger partial charge >= 0.3 is 0 Å². The molecule has 1 amide bonds. The largest absolute Gasteiger partial charge is 0.341 e. The number of benzene rings is 1. The van der Waals surface area contributed by atoms with Gasteiger partial charge in [-0.3, -0.25) is 4.79 Å². The van der Waals surface area contributed by atoms with E-state index in [1.54, 1.807) is 0 Å².